The lowest BCUT2D eigenvalue weighted by atomic mass is 9.72. The van der Waals surface area contributed by atoms with Crippen LogP contribution in [0.25, 0.3) is 0 Å². The average molecular weight is 293 g/mol. The van der Waals surface area contributed by atoms with Gasteiger partial charge >= 0.3 is 0 Å². The van der Waals surface area contributed by atoms with Crippen LogP contribution in [-0.2, 0) is 5.54 Å². The predicted octanol–water partition coefficient (Wildman–Crippen LogP) is 3.31. The van der Waals surface area contributed by atoms with Crippen molar-refractivity contribution >= 4 is 11.8 Å². The van der Waals surface area contributed by atoms with Crippen LogP contribution in [-0.4, -0.2) is 24.7 Å². The van der Waals surface area contributed by atoms with E-state index in [2.05, 4.69) is 6.07 Å². The van der Waals surface area contributed by atoms with Crippen molar-refractivity contribution in [2.75, 3.05) is 18.6 Å². The molecule has 0 unspecified atom stereocenters. The predicted molar refractivity (Wildman–Crippen MR) is 83.7 cm³/mol. The van der Waals surface area contributed by atoms with Crippen LogP contribution in [0.15, 0.2) is 18.2 Å². The van der Waals surface area contributed by atoms with Gasteiger partial charge in [0.25, 0.3) is 0 Å². The molecule has 1 saturated heterocycles. The summed E-state index contributed by atoms with van der Waals surface area (Å²) in [6, 6.07) is 6.09. The van der Waals surface area contributed by atoms with E-state index < -0.39 is 0 Å². The van der Waals surface area contributed by atoms with Crippen molar-refractivity contribution in [3.05, 3.63) is 23.8 Å². The van der Waals surface area contributed by atoms with E-state index in [1.54, 1.807) is 7.11 Å². The molecule has 0 atom stereocenters. The number of methoxy groups -OCH3 is 1. The Bertz CT molecular complexity index is 468. The van der Waals surface area contributed by atoms with E-state index in [1.807, 2.05) is 23.9 Å². The van der Waals surface area contributed by atoms with Crippen molar-refractivity contribution in [3.8, 4) is 11.5 Å². The van der Waals surface area contributed by atoms with Gasteiger partial charge in [0.2, 0.25) is 0 Å². The maximum Gasteiger partial charge on any atom is 0.166 e. The van der Waals surface area contributed by atoms with Crippen molar-refractivity contribution in [3.63, 3.8) is 0 Å². The second kappa shape index (κ2) is 5.86. The highest BCUT2D eigenvalue weighted by atomic mass is 32.2. The first-order valence-electron chi connectivity index (χ1n) is 7.44. The van der Waals surface area contributed by atoms with Gasteiger partial charge in [0.1, 0.15) is 6.10 Å². The van der Waals surface area contributed by atoms with Crippen LogP contribution in [0.1, 0.15) is 37.7 Å². The van der Waals surface area contributed by atoms with Gasteiger partial charge in [0.15, 0.2) is 11.5 Å². The molecule has 1 aliphatic carbocycles. The van der Waals surface area contributed by atoms with Crippen molar-refractivity contribution in [1.82, 2.24) is 0 Å². The number of nitrogens with two attached hydrogens (primary N) is 1. The molecule has 1 aromatic carbocycles. The maximum atomic E-state index is 6.51. The van der Waals surface area contributed by atoms with Crippen LogP contribution >= 0.6 is 11.8 Å². The molecular weight excluding hydrogens is 270 g/mol. The van der Waals surface area contributed by atoms with Gasteiger partial charge in [-0.2, -0.15) is 11.8 Å². The van der Waals surface area contributed by atoms with Crippen LogP contribution in [0.2, 0.25) is 0 Å². The van der Waals surface area contributed by atoms with Gasteiger partial charge in [0, 0.05) is 11.1 Å². The van der Waals surface area contributed by atoms with Gasteiger partial charge in [0.05, 0.1) is 7.11 Å². The molecule has 0 aromatic heterocycles. The summed E-state index contributed by atoms with van der Waals surface area (Å²) in [7, 11) is 1.70. The summed E-state index contributed by atoms with van der Waals surface area (Å²) in [6.07, 6.45) is 5.80. The monoisotopic (exact) mass is 293 g/mol. The Hall–Kier alpha value is -0.870. The molecule has 1 aliphatic heterocycles. The molecule has 20 heavy (non-hydrogen) atoms. The zero-order valence-electron chi connectivity index (χ0n) is 12.1. The molecule has 2 N–H and O–H groups in total. The first-order chi connectivity index (χ1) is 9.73. The Morgan fingerprint density at radius 3 is 2.60 bits per heavy atom. The van der Waals surface area contributed by atoms with Gasteiger partial charge in [-0.3, -0.25) is 0 Å². The third-order valence-electron chi connectivity index (χ3n) is 4.43. The molecule has 0 radical (unpaired) electrons. The lowest BCUT2D eigenvalue weighted by molar-refractivity contribution is 0.169. The summed E-state index contributed by atoms with van der Waals surface area (Å²) < 4.78 is 11.8. The quantitative estimate of drug-likeness (QED) is 0.925. The highest BCUT2D eigenvalue weighted by molar-refractivity contribution is 7.99. The zero-order chi connectivity index (χ0) is 14.0. The third kappa shape index (κ3) is 2.63. The molecule has 2 fully saturated rings. The fraction of sp³-hybridized carbons (Fsp3) is 0.625. The number of hydrogen-bond donors (Lipinski definition) is 1. The minimum Gasteiger partial charge on any atom is -0.493 e. The normalized spacial score (nSPS) is 22.1. The van der Waals surface area contributed by atoms with Gasteiger partial charge in [-0.25, -0.2) is 0 Å². The van der Waals surface area contributed by atoms with Gasteiger partial charge in [-0.15, -0.1) is 0 Å². The zero-order valence-corrected chi connectivity index (χ0v) is 12.9. The molecule has 2 aliphatic rings. The maximum absolute atomic E-state index is 6.51. The average Bonchev–Trinajstić information content (AvgIpc) is 2.46. The topological polar surface area (TPSA) is 44.5 Å². The molecule has 0 bridgehead atoms. The van der Waals surface area contributed by atoms with Crippen LogP contribution in [0.5, 0.6) is 11.5 Å². The smallest absolute Gasteiger partial charge is 0.166 e. The Kier molecular flexibility index (Phi) is 4.13. The number of rotatable bonds is 4. The summed E-state index contributed by atoms with van der Waals surface area (Å²) in [6.45, 7) is 0. The minimum absolute atomic E-state index is 0.215. The van der Waals surface area contributed by atoms with Crippen molar-refractivity contribution in [2.24, 2.45) is 5.73 Å². The van der Waals surface area contributed by atoms with E-state index in [4.69, 9.17) is 15.2 Å². The van der Waals surface area contributed by atoms with Gasteiger partial charge in [-0.1, -0.05) is 12.1 Å². The number of ether oxygens (including phenoxy) is 2. The molecule has 4 heteroatoms. The molecule has 110 valence electrons. The number of thioether (sulfide) groups is 1. The Morgan fingerprint density at radius 2 is 2.00 bits per heavy atom. The Labute approximate surface area is 125 Å². The first-order valence-corrected chi connectivity index (χ1v) is 8.59. The van der Waals surface area contributed by atoms with Gasteiger partial charge in [-0.05, 0) is 49.7 Å². The summed E-state index contributed by atoms with van der Waals surface area (Å²) in [5, 5.41) is 0. The number of para-hydroxylation sites is 1. The molecule has 0 spiro atoms. The number of hydrogen-bond acceptors (Lipinski definition) is 4. The van der Waals surface area contributed by atoms with Crippen molar-refractivity contribution in [1.29, 1.82) is 0 Å². The van der Waals surface area contributed by atoms with Crippen LogP contribution in [0.4, 0.5) is 0 Å². The largest absolute Gasteiger partial charge is 0.493 e. The number of benzene rings is 1. The summed E-state index contributed by atoms with van der Waals surface area (Å²) in [5.41, 5.74) is 7.43. The minimum atomic E-state index is -0.215. The second-order valence-corrected chi connectivity index (χ2v) is 7.00. The molecule has 1 saturated carbocycles. The van der Waals surface area contributed by atoms with Crippen LogP contribution < -0.4 is 15.2 Å². The van der Waals surface area contributed by atoms with E-state index in [9.17, 15) is 0 Å². The highest BCUT2D eigenvalue weighted by Gasteiger charge is 2.38. The van der Waals surface area contributed by atoms with E-state index >= 15 is 0 Å². The first kappa shape index (κ1) is 14.1. The second-order valence-electron chi connectivity index (χ2n) is 5.78. The summed E-state index contributed by atoms with van der Waals surface area (Å²) >= 11 is 2.01. The lowest BCUT2D eigenvalue weighted by Crippen LogP contribution is -2.43. The van der Waals surface area contributed by atoms with Crippen molar-refractivity contribution < 1.29 is 9.47 Å². The Balaban J connectivity index is 1.89. The molecule has 1 heterocycles. The Morgan fingerprint density at radius 1 is 1.25 bits per heavy atom. The third-order valence-corrected chi connectivity index (χ3v) is 5.48. The molecular formula is C16H23NO2S. The standard InChI is InChI=1S/C16H23NO2S/c1-18-14-5-2-4-13(16(17)8-3-9-16)15(14)19-12-6-10-20-11-7-12/h2,4-5,12H,3,6-11,17H2,1H3. The lowest BCUT2D eigenvalue weighted by Gasteiger charge is -2.40. The van der Waals surface area contributed by atoms with E-state index in [1.165, 1.54) is 17.9 Å². The summed E-state index contributed by atoms with van der Waals surface area (Å²) in [5.74, 6) is 4.07. The van der Waals surface area contributed by atoms with E-state index in [-0.39, 0.29) is 5.54 Å². The highest BCUT2D eigenvalue weighted by Crippen LogP contribution is 2.46. The van der Waals surface area contributed by atoms with Crippen molar-refractivity contribution in [2.45, 2.75) is 43.7 Å². The fourth-order valence-electron chi connectivity index (χ4n) is 2.98. The van der Waals surface area contributed by atoms with Gasteiger partial charge < -0.3 is 15.2 Å². The van der Waals surface area contributed by atoms with E-state index in [0.29, 0.717) is 6.10 Å². The van der Waals surface area contributed by atoms with Crippen LogP contribution in [0, 0.1) is 0 Å². The molecule has 3 nitrogen and oxygen atoms in total. The fourth-order valence-corrected chi connectivity index (χ4v) is 4.04. The SMILES string of the molecule is COc1cccc(C2(N)CCC2)c1OC1CCSCC1. The van der Waals surface area contributed by atoms with E-state index in [0.717, 1.165) is 42.7 Å². The summed E-state index contributed by atoms with van der Waals surface area (Å²) in [4.78, 5) is 0. The molecule has 1 aromatic rings. The molecule has 3 rings (SSSR count). The molecule has 0 amide bonds. The van der Waals surface area contributed by atoms with Crippen LogP contribution in [0.3, 0.4) is 0 Å².